The molecular formula is C14H20Cl2N4O. The standard InChI is InChI=1S/C14H18N4O.2ClH/c1-18-9-8-16-13(18)10-17-14(19)7-6-11-4-2-3-5-12(11)15;;/h2-5,8-9H,6-7,10,15H2,1H3,(H,17,19);2*1H. The van der Waals surface area contributed by atoms with Crippen LogP contribution in [0.4, 0.5) is 5.69 Å². The molecule has 21 heavy (non-hydrogen) atoms. The second kappa shape index (κ2) is 9.26. The highest BCUT2D eigenvalue weighted by Gasteiger charge is 2.05. The smallest absolute Gasteiger partial charge is 0.220 e. The molecule has 2 aromatic rings. The van der Waals surface area contributed by atoms with E-state index in [0.717, 1.165) is 17.1 Å². The fraction of sp³-hybridized carbons (Fsp3) is 0.286. The van der Waals surface area contributed by atoms with E-state index in [1.807, 2.05) is 42.1 Å². The maximum Gasteiger partial charge on any atom is 0.220 e. The number of aromatic nitrogens is 2. The van der Waals surface area contributed by atoms with Gasteiger partial charge >= 0.3 is 0 Å². The van der Waals surface area contributed by atoms with Gasteiger partial charge in [0.15, 0.2) is 0 Å². The van der Waals surface area contributed by atoms with Crippen LogP contribution < -0.4 is 11.1 Å². The first kappa shape index (κ1) is 19.3. The Kier molecular flexibility index (Phi) is 8.50. The van der Waals surface area contributed by atoms with E-state index in [-0.39, 0.29) is 30.7 Å². The summed E-state index contributed by atoms with van der Waals surface area (Å²) in [6.45, 7) is 0.451. The quantitative estimate of drug-likeness (QED) is 0.824. The van der Waals surface area contributed by atoms with Gasteiger partial charge in [-0.3, -0.25) is 4.79 Å². The number of anilines is 1. The van der Waals surface area contributed by atoms with Gasteiger partial charge in [-0.2, -0.15) is 0 Å². The maximum absolute atomic E-state index is 11.7. The summed E-state index contributed by atoms with van der Waals surface area (Å²) < 4.78 is 1.88. The molecule has 0 saturated carbocycles. The zero-order chi connectivity index (χ0) is 13.7. The number of benzene rings is 1. The Hall–Kier alpha value is -1.72. The number of rotatable bonds is 5. The number of halogens is 2. The van der Waals surface area contributed by atoms with Crippen LogP contribution in [-0.2, 0) is 24.8 Å². The monoisotopic (exact) mass is 330 g/mol. The number of nitrogens with two attached hydrogens (primary N) is 1. The van der Waals surface area contributed by atoms with Crippen molar-refractivity contribution in [2.45, 2.75) is 19.4 Å². The van der Waals surface area contributed by atoms with Gasteiger partial charge in [-0.15, -0.1) is 24.8 Å². The number of nitrogens with one attached hydrogen (secondary N) is 1. The molecule has 0 radical (unpaired) electrons. The van der Waals surface area contributed by atoms with Gasteiger partial charge in [-0.1, -0.05) is 18.2 Å². The van der Waals surface area contributed by atoms with Crippen molar-refractivity contribution in [3.63, 3.8) is 0 Å². The van der Waals surface area contributed by atoms with Gasteiger partial charge in [0.2, 0.25) is 5.91 Å². The van der Waals surface area contributed by atoms with Gasteiger partial charge < -0.3 is 15.6 Å². The van der Waals surface area contributed by atoms with Crippen molar-refractivity contribution in [2.75, 3.05) is 5.73 Å². The maximum atomic E-state index is 11.7. The van der Waals surface area contributed by atoms with Crippen LogP contribution in [0.5, 0.6) is 0 Å². The molecule has 5 nitrogen and oxygen atoms in total. The summed E-state index contributed by atoms with van der Waals surface area (Å²) in [6, 6.07) is 7.61. The van der Waals surface area contributed by atoms with Gasteiger partial charge in [0.05, 0.1) is 6.54 Å². The average Bonchev–Trinajstić information content (AvgIpc) is 2.81. The fourth-order valence-corrected chi connectivity index (χ4v) is 1.84. The Bertz CT molecular complexity index is 572. The van der Waals surface area contributed by atoms with E-state index in [9.17, 15) is 4.79 Å². The molecule has 0 unspecified atom stereocenters. The molecule has 0 aliphatic carbocycles. The summed E-state index contributed by atoms with van der Waals surface area (Å²) in [6.07, 6.45) is 4.65. The molecule has 0 aliphatic heterocycles. The number of nitrogens with zero attached hydrogens (tertiary/aromatic N) is 2. The van der Waals surface area contributed by atoms with E-state index in [1.54, 1.807) is 6.20 Å². The summed E-state index contributed by atoms with van der Waals surface area (Å²) in [5.74, 6) is 0.846. The normalized spacial score (nSPS) is 9.38. The lowest BCUT2D eigenvalue weighted by atomic mass is 10.1. The molecule has 0 bridgehead atoms. The lowest BCUT2D eigenvalue weighted by Crippen LogP contribution is -2.24. The number of aryl methyl sites for hydroxylation is 2. The molecule has 7 heteroatoms. The van der Waals surface area contributed by atoms with Crippen molar-refractivity contribution in [3.05, 3.63) is 48.0 Å². The van der Waals surface area contributed by atoms with Crippen molar-refractivity contribution in [2.24, 2.45) is 7.05 Å². The number of nitrogen functional groups attached to an aromatic ring is 1. The Balaban J connectivity index is 0.00000200. The van der Waals surface area contributed by atoms with E-state index in [2.05, 4.69) is 10.3 Å². The van der Waals surface area contributed by atoms with Gasteiger partial charge in [0.1, 0.15) is 5.82 Å². The zero-order valence-corrected chi connectivity index (χ0v) is 13.4. The summed E-state index contributed by atoms with van der Waals surface area (Å²) in [5, 5.41) is 2.85. The minimum absolute atomic E-state index is 0. The molecule has 0 spiro atoms. The lowest BCUT2D eigenvalue weighted by molar-refractivity contribution is -0.121. The van der Waals surface area contributed by atoms with Crippen LogP contribution >= 0.6 is 24.8 Å². The summed E-state index contributed by atoms with van der Waals surface area (Å²) in [5.41, 5.74) is 7.58. The van der Waals surface area contributed by atoms with Gasteiger partial charge in [0, 0.05) is 31.5 Å². The molecule has 3 N–H and O–H groups in total. The molecule has 0 aliphatic rings. The number of para-hydroxylation sites is 1. The number of hydrogen-bond acceptors (Lipinski definition) is 3. The second-order valence-corrected chi connectivity index (χ2v) is 4.43. The first-order valence-electron chi connectivity index (χ1n) is 6.23. The molecule has 1 amide bonds. The summed E-state index contributed by atoms with van der Waals surface area (Å²) in [7, 11) is 1.90. The van der Waals surface area contributed by atoms with E-state index in [4.69, 9.17) is 5.73 Å². The van der Waals surface area contributed by atoms with E-state index >= 15 is 0 Å². The first-order chi connectivity index (χ1) is 9.16. The van der Waals surface area contributed by atoms with Crippen LogP contribution in [0.15, 0.2) is 36.7 Å². The van der Waals surface area contributed by atoms with Crippen molar-refractivity contribution >= 4 is 36.4 Å². The average molecular weight is 331 g/mol. The van der Waals surface area contributed by atoms with Crippen LogP contribution in [0.25, 0.3) is 0 Å². The highest BCUT2D eigenvalue weighted by molar-refractivity contribution is 5.85. The Morgan fingerprint density at radius 3 is 2.67 bits per heavy atom. The molecule has 1 heterocycles. The van der Waals surface area contributed by atoms with Crippen LogP contribution in [0, 0.1) is 0 Å². The minimum Gasteiger partial charge on any atom is -0.399 e. The molecule has 2 rings (SSSR count). The number of carbonyl (C=O) groups excluding carboxylic acids is 1. The fourth-order valence-electron chi connectivity index (χ4n) is 1.84. The molecule has 1 aromatic carbocycles. The Morgan fingerprint density at radius 2 is 2.05 bits per heavy atom. The Labute approximate surface area is 136 Å². The van der Waals surface area contributed by atoms with Crippen molar-refractivity contribution in [1.82, 2.24) is 14.9 Å². The van der Waals surface area contributed by atoms with E-state index < -0.39 is 0 Å². The summed E-state index contributed by atoms with van der Waals surface area (Å²) in [4.78, 5) is 15.9. The number of carbonyl (C=O) groups is 1. The van der Waals surface area contributed by atoms with Gasteiger partial charge in [-0.05, 0) is 18.1 Å². The first-order valence-corrected chi connectivity index (χ1v) is 6.23. The highest BCUT2D eigenvalue weighted by Crippen LogP contribution is 2.12. The van der Waals surface area contributed by atoms with Crippen molar-refractivity contribution in [3.8, 4) is 0 Å². The van der Waals surface area contributed by atoms with Crippen LogP contribution in [0.3, 0.4) is 0 Å². The Morgan fingerprint density at radius 1 is 1.33 bits per heavy atom. The highest BCUT2D eigenvalue weighted by atomic mass is 35.5. The van der Waals surface area contributed by atoms with Crippen molar-refractivity contribution in [1.29, 1.82) is 0 Å². The molecule has 0 fully saturated rings. The number of amides is 1. The minimum atomic E-state index is 0. The SMILES string of the molecule is Cl.Cl.Cn1ccnc1CNC(=O)CCc1ccccc1N. The molecule has 0 saturated heterocycles. The zero-order valence-electron chi connectivity index (χ0n) is 11.8. The van der Waals surface area contributed by atoms with E-state index in [1.165, 1.54) is 0 Å². The predicted molar refractivity (Wildman–Crippen MR) is 88.7 cm³/mol. The molecule has 1 aromatic heterocycles. The number of hydrogen-bond donors (Lipinski definition) is 2. The van der Waals surface area contributed by atoms with Gasteiger partial charge in [0.25, 0.3) is 0 Å². The van der Waals surface area contributed by atoms with Crippen LogP contribution in [0.2, 0.25) is 0 Å². The molecule has 0 atom stereocenters. The molecular weight excluding hydrogens is 311 g/mol. The molecule has 116 valence electrons. The number of imidazole rings is 1. The largest absolute Gasteiger partial charge is 0.399 e. The second-order valence-electron chi connectivity index (χ2n) is 4.43. The topological polar surface area (TPSA) is 72.9 Å². The predicted octanol–water partition coefficient (Wildman–Crippen LogP) is 2.09. The van der Waals surface area contributed by atoms with Crippen molar-refractivity contribution < 1.29 is 4.79 Å². The third-order valence-corrected chi connectivity index (χ3v) is 3.04. The van der Waals surface area contributed by atoms with E-state index in [0.29, 0.717) is 19.4 Å². The third-order valence-electron chi connectivity index (χ3n) is 3.04. The van der Waals surface area contributed by atoms with Gasteiger partial charge in [-0.25, -0.2) is 4.98 Å². The summed E-state index contributed by atoms with van der Waals surface area (Å²) >= 11 is 0. The van der Waals surface area contributed by atoms with Crippen LogP contribution in [-0.4, -0.2) is 15.5 Å². The lowest BCUT2D eigenvalue weighted by Gasteiger charge is -2.07. The third kappa shape index (κ3) is 5.65. The van der Waals surface area contributed by atoms with Crippen LogP contribution in [0.1, 0.15) is 17.8 Å².